The Bertz CT molecular complexity index is 509. The second-order valence-electron chi connectivity index (χ2n) is 4.86. The SMILES string of the molecule is CNC1(C(=O)OC)CCC(Oc2cccc(F)c2F)C1. The Labute approximate surface area is 116 Å². The van der Waals surface area contributed by atoms with Gasteiger partial charge in [0.25, 0.3) is 0 Å². The third-order valence-electron chi connectivity index (χ3n) is 3.73. The summed E-state index contributed by atoms with van der Waals surface area (Å²) in [5.41, 5.74) is -0.816. The zero-order valence-electron chi connectivity index (χ0n) is 11.4. The van der Waals surface area contributed by atoms with E-state index in [1.54, 1.807) is 7.05 Å². The van der Waals surface area contributed by atoms with Crippen molar-refractivity contribution in [2.45, 2.75) is 30.9 Å². The number of nitrogens with one attached hydrogen (secondary N) is 1. The Morgan fingerprint density at radius 1 is 1.45 bits per heavy atom. The van der Waals surface area contributed by atoms with Gasteiger partial charge in [-0.15, -0.1) is 0 Å². The largest absolute Gasteiger partial charge is 0.487 e. The van der Waals surface area contributed by atoms with Crippen molar-refractivity contribution in [1.82, 2.24) is 5.32 Å². The summed E-state index contributed by atoms with van der Waals surface area (Å²) < 4.78 is 36.9. The van der Waals surface area contributed by atoms with E-state index < -0.39 is 17.2 Å². The van der Waals surface area contributed by atoms with Gasteiger partial charge in [-0.2, -0.15) is 4.39 Å². The first-order valence-corrected chi connectivity index (χ1v) is 6.40. The number of benzene rings is 1. The predicted molar refractivity (Wildman–Crippen MR) is 68.4 cm³/mol. The maximum atomic E-state index is 13.5. The Hall–Kier alpha value is -1.69. The molecule has 1 saturated carbocycles. The number of halogens is 2. The Balaban J connectivity index is 2.10. The molecule has 2 rings (SSSR count). The van der Waals surface area contributed by atoms with Gasteiger partial charge < -0.3 is 14.8 Å². The molecule has 1 aromatic carbocycles. The highest BCUT2D eigenvalue weighted by molar-refractivity contribution is 5.81. The van der Waals surface area contributed by atoms with Crippen LogP contribution in [0.4, 0.5) is 8.78 Å². The molecule has 0 radical (unpaired) electrons. The Kier molecular flexibility index (Phi) is 4.23. The lowest BCUT2D eigenvalue weighted by atomic mass is 9.98. The van der Waals surface area contributed by atoms with Crippen LogP contribution in [0.2, 0.25) is 0 Å². The number of hydrogen-bond donors (Lipinski definition) is 1. The molecule has 0 amide bonds. The summed E-state index contributed by atoms with van der Waals surface area (Å²) in [7, 11) is 2.99. The standard InChI is InChI=1S/C14H17F2NO3/c1-17-14(13(18)19-2)7-6-9(8-14)20-11-5-3-4-10(15)12(11)16/h3-5,9,17H,6-8H2,1-2H3. The van der Waals surface area contributed by atoms with E-state index in [9.17, 15) is 13.6 Å². The number of ether oxygens (including phenoxy) is 2. The van der Waals surface area contributed by atoms with Crippen molar-refractivity contribution in [3.05, 3.63) is 29.8 Å². The van der Waals surface area contributed by atoms with Gasteiger partial charge in [0.05, 0.1) is 7.11 Å². The van der Waals surface area contributed by atoms with Gasteiger partial charge in [-0.1, -0.05) is 6.07 Å². The van der Waals surface area contributed by atoms with Crippen LogP contribution in [-0.4, -0.2) is 31.8 Å². The van der Waals surface area contributed by atoms with Gasteiger partial charge in [-0.25, -0.2) is 4.39 Å². The number of hydrogen-bond acceptors (Lipinski definition) is 4. The number of carbonyl (C=O) groups is 1. The Morgan fingerprint density at radius 2 is 2.20 bits per heavy atom. The van der Waals surface area contributed by atoms with Crippen molar-refractivity contribution < 1.29 is 23.0 Å². The van der Waals surface area contributed by atoms with Crippen molar-refractivity contribution in [3.63, 3.8) is 0 Å². The average Bonchev–Trinajstić information content (AvgIpc) is 2.87. The summed E-state index contributed by atoms with van der Waals surface area (Å²) in [6, 6.07) is 3.79. The smallest absolute Gasteiger partial charge is 0.326 e. The minimum absolute atomic E-state index is 0.133. The summed E-state index contributed by atoms with van der Waals surface area (Å²) in [5.74, 6) is -2.46. The van der Waals surface area contributed by atoms with Gasteiger partial charge in [0.2, 0.25) is 5.82 Å². The van der Waals surface area contributed by atoms with E-state index in [2.05, 4.69) is 5.32 Å². The molecule has 20 heavy (non-hydrogen) atoms. The molecule has 1 aliphatic rings. The second-order valence-corrected chi connectivity index (χ2v) is 4.86. The number of methoxy groups -OCH3 is 1. The van der Waals surface area contributed by atoms with Gasteiger partial charge in [-0.05, 0) is 32.0 Å². The van der Waals surface area contributed by atoms with Crippen molar-refractivity contribution in [1.29, 1.82) is 0 Å². The topological polar surface area (TPSA) is 47.6 Å². The number of esters is 1. The summed E-state index contributed by atoms with van der Waals surface area (Å²) in [6.45, 7) is 0. The zero-order chi connectivity index (χ0) is 14.8. The lowest BCUT2D eigenvalue weighted by molar-refractivity contribution is -0.148. The van der Waals surface area contributed by atoms with Crippen LogP contribution in [0.1, 0.15) is 19.3 Å². The van der Waals surface area contributed by atoms with Crippen molar-refractivity contribution in [2.24, 2.45) is 0 Å². The van der Waals surface area contributed by atoms with Gasteiger partial charge in [0.15, 0.2) is 11.6 Å². The first kappa shape index (κ1) is 14.7. The highest BCUT2D eigenvalue weighted by atomic mass is 19.2. The fourth-order valence-corrected chi connectivity index (χ4v) is 2.57. The van der Waals surface area contributed by atoms with Crippen LogP contribution in [0, 0.1) is 11.6 Å². The molecule has 1 aliphatic carbocycles. The summed E-state index contributed by atoms with van der Waals surface area (Å²) in [6.07, 6.45) is 1.08. The van der Waals surface area contributed by atoms with Crippen molar-refractivity contribution in [2.75, 3.05) is 14.2 Å². The summed E-state index contributed by atoms with van der Waals surface area (Å²) in [5, 5.41) is 2.95. The molecule has 1 fully saturated rings. The van der Waals surface area contributed by atoms with Crippen LogP contribution in [0.25, 0.3) is 0 Å². The maximum Gasteiger partial charge on any atom is 0.326 e. The van der Waals surface area contributed by atoms with E-state index in [-0.39, 0.29) is 17.8 Å². The Morgan fingerprint density at radius 3 is 2.85 bits per heavy atom. The molecule has 0 aliphatic heterocycles. The molecule has 0 spiro atoms. The minimum atomic E-state index is -1.01. The molecule has 110 valence electrons. The lowest BCUT2D eigenvalue weighted by Crippen LogP contribution is -2.49. The van der Waals surface area contributed by atoms with E-state index in [4.69, 9.17) is 9.47 Å². The molecule has 0 bridgehead atoms. The van der Waals surface area contributed by atoms with Gasteiger partial charge >= 0.3 is 5.97 Å². The maximum absolute atomic E-state index is 13.5. The number of carbonyl (C=O) groups excluding carboxylic acids is 1. The van der Waals surface area contributed by atoms with Crippen LogP contribution < -0.4 is 10.1 Å². The molecular formula is C14H17F2NO3. The van der Waals surface area contributed by atoms with E-state index in [0.717, 1.165) is 6.07 Å². The van der Waals surface area contributed by atoms with E-state index >= 15 is 0 Å². The monoisotopic (exact) mass is 285 g/mol. The second kappa shape index (κ2) is 5.75. The van der Waals surface area contributed by atoms with Crippen LogP contribution >= 0.6 is 0 Å². The summed E-state index contributed by atoms with van der Waals surface area (Å²) in [4.78, 5) is 11.8. The fraction of sp³-hybridized carbons (Fsp3) is 0.500. The van der Waals surface area contributed by atoms with Gasteiger partial charge in [0, 0.05) is 6.42 Å². The molecule has 2 atom stereocenters. The minimum Gasteiger partial charge on any atom is -0.487 e. The van der Waals surface area contributed by atoms with Crippen LogP contribution in [0.15, 0.2) is 18.2 Å². The third-order valence-corrected chi connectivity index (χ3v) is 3.73. The van der Waals surface area contributed by atoms with Crippen LogP contribution in [0.3, 0.4) is 0 Å². The quantitative estimate of drug-likeness (QED) is 0.860. The third kappa shape index (κ3) is 2.60. The molecule has 0 heterocycles. The van der Waals surface area contributed by atoms with Crippen molar-refractivity contribution >= 4 is 5.97 Å². The lowest BCUT2D eigenvalue weighted by Gasteiger charge is -2.25. The highest BCUT2D eigenvalue weighted by Gasteiger charge is 2.46. The molecule has 0 saturated heterocycles. The van der Waals surface area contributed by atoms with E-state index in [1.165, 1.54) is 19.2 Å². The first-order chi connectivity index (χ1) is 9.52. The van der Waals surface area contributed by atoms with Gasteiger partial charge in [-0.3, -0.25) is 4.79 Å². The average molecular weight is 285 g/mol. The fourth-order valence-electron chi connectivity index (χ4n) is 2.57. The normalized spacial score (nSPS) is 25.5. The van der Waals surface area contributed by atoms with Crippen LogP contribution in [-0.2, 0) is 9.53 Å². The van der Waals surface area contributed by atoms with Gasteiger partial charge in [0.1, 0.15) is 11.6 Å². The molecular weight excluding hydrogens is 268 g/mol. The molecule has 1 aromatic rings. The predicted octanol–water partition coefficient (Wildman–Crippen LogP) is 2.03. The highest BCUT2D eigenvalue weighted by Crippen LogP contribution is 2.34. The molecule has 1 N–H and O–H groups in total. The molecule has 2 unspecified atom stereocenters. The number of likely N-dealkylation sites (N-methyl/N-ethyl adjacent to an activating group) is 1. The molecule has 4 nitrogen and oxygen atoms in total. The summed E-state index contributed by atoms with van der Waals surface area (Å²) >= 11 is 0. The molecule has 6 heteroatoms. The molecule has 0 aromatic heterocycles. The van der Waals surface area contributed by atoms with Crippen molar-refractivity contribution in [3.8, 4) is 5.75 Å². The van der Waals surface area contributed by atoms with Crippen LogP contribution in [0.5, 0.6) is 5.75 Å². The zero-order valence-corrected chi connectivity index (χ0v) is 11.4. The number of rotatable bonds is 4. The van der Waals surface area contributed by atoms with E-state index in [1.807, 2.05) is 0 Å². The van der Waals surface area contributed by atoms with E-state index in [0.29, 0.717) is 19.3 Å². The first-order valence-electron chi connectivity index (χ1n) is 6.40.